The van der Waals surface area contributed by atoms with Crippen LogP contribution in [-0.2, 0) is 9.53 Å². The fourth-order valence-corrected chi connectivity index (χ4v) is 0.965. The van der Waals surface area contributed by atoms with E-state index in [1.165, 1.54) is 0 Å². The first-order chi connectivity index (χ1) is 4.95. The van der Waals surface area contributed by atoms with E-state index in [-0.39, 0.29) is 6.61 Å². The summed E-state index contributed by atoms with van der Waals surface area (Å²) in [5.74, 6) is -0.766. The second-order valence-electron chi connectivity index (χ2n) is 1.92. The monoisotopic (exact) mass is 186 g/mol. The van der Waals surface area contributed by atoms with E-state index in [2.05, 4.69) is 4.74 Å². The van der Waals surface area contributed by atoms with E-state index in [0.29, 0.717) is 0 Å². The lowest BCUT2D eigenvalue weighted by molar-refractivity contribution is -0.142. The van der Waals surface area contributed by atoms with Gasteiger partial charge in [-0.2, -0.15) is 0 Å². The smallest absolute Gasteiger partial charge is 0.466 e. The molecule has 0 fully saturated rings. The molecule has 0 rings (SSSR count). The molecule has 0 saturated carbocycles. The molecule has 0 aliphatic carbocycles. The van der Waals surface area contributed by atoms with Crippen molar-refractivity contribution in [2.24, 2.45) is 0 Å². The molecule has 0 aliphatic heterocycles. The quantitative estimate of drug-likeness (QED) is 0.380. The summed E-state index contributed by atoms with van der Waals surface area (Å²) >= 11 is 0. The number of hydrogen-bond acceptors (Lipinski definition) is 2. The van der Waals surface area contributed by atoms with Gasteiger partial charge in [-0.05, 0) is 6.92 Å². The van der Waals surface area contributed by atoms with E-state index in [1.54, 1.807) is 6.92 Å². The highest BCUT2D eigenvalue weighted by molar-refractivity contribution is 6.58. The summed E-state index contributed by atoms with van der Waals surface area (Å²) in [5.41, 5.74) is 0. The zero-order chi connectivity index (χ0) is 8.91. The molecule has 0 spiro atoms. The van der Waals surface area contributed by atoms with Crippen LogP contribution in [0.25, 0.3) is 0 Å². The molecular weight excluding hydrogens is 177 g/mol. The standard InChI is InChI=1S/C5H9F3O2Si/c1-2-10-5(9)3-4-11(6,7)8/h2-4H2,1H3. The Morgan fingerprint density at radius 1 is 1.45 bits per heavy atom. The van der Waals surface area contributed by atoms with Crippen molar-refractivity contribution in [2.75, 3.05) is 6.61 Å². The van der Waals surface area contributed by atoms with Gasteiger partial charge in [-0.25, -0.2) is 12.3 Å². The second kappa shape index (κ2) is 4.37. The van der Waals surface area contributed by atoms with Gasteiger partial charge < -0.3 is 4.74 Å². The molecule has 0 N–H and O–H groups in total. The van der Waals surface area contributed by atoms with E-state index in [0.717, 1.165) is 0 Å². The molecule has 0 aromatic heterocycles. The Hall–Kier alpha value is -0.523. The molecule has 0 saturated heterocycles. The van der Waals surface area contributed by atoms with Crippen LogP contribution < -0.4 is 0 Å². The minimum atomic E-state index is -5.55. The van der Waals surface area contributed by atoms with Crippen molar-refractivity contribution in [3.05, 3.63) is 0 Å². The number of halogens is 3. The van der Waals surface area contributed by atoms with Crippen LogP contribution >= 0.6 is 0 Å². The summed E-state index contributed by atoms with van der Waals surface area (Å²) in [7, 11) is -5.55. The van der Waals surface area contributed by atoms with Gasteiger partial charge in [0.2, 0.25) is 0 Å². The van der Waals surface area contributed by atoms with Gasteiger partial charge in [-0.3, -0.25) is 4.79 Å². The highest BCUT2D eigenvalue weighted by Gasteiger charge is 2.36. The third kappa shape index (κ3) is 7.37. The molecule has 66 valence electrons. The van der Waals surface area contributed by atoms with Crippen LogP contribution in [-0.4, -0.2) is 21.7 Å². The van der Waals surface area contributed by atoms with Gasteiger partial charge in [0.05, 0.1) is 13.0 Å². The normalized spacial score (nSPS) is 11.3. The van der Waals surface area contributed by atoms with Crippen molar-refractivity contribution in [1.29, 1.82) is 0 Å². The molecule has 0 atom stereocenters. The van der Waals surface area contributed by atoms with Crippen molar-refractivity contribution in [3.8, 4) is 0 Å². The van der Waals surface area contributed by atoms with Crippen LogP contribution in [0.3, 0.4) is 0 Å². The Labute approximate surface area is 63.9 Å². The zero-order valence-corrected chi connectivity index (χ0v) is 7.07. The number of carbonyl (C=O) groups excluding carboxylic acids is 1. The maximum atomic E-state index is 11.6. The van der Waals surface area contributed by atoms with Crippen LogP contribution in [0.5, 0.6) is 0 Å². The van der Waals surface area contributed by atoms with E-state index < -0.39 is 27.5 Å². The Balaban J connectivity index is 3.46. The molecule has 0 bridgehead atoms. The van der Waals surface area contributed by atoms with Gasteiger partial charge in [0.1, 0.15) is 0 Å². The van der Waals surface area contributed by atoms with Gasteiger partial charge in [-0.1, -0.05) is 0 Å². The van der Waals surface area contributed by atoms with Crippen molar-refractivity contribution < 1.29 is 21.9 Å². The first kappa shape index (κ1) is 10.5. The van der Waals surface area contributed by atoms with Crippen molar-refractivity contribution in [3.63, 3.8) is 0 Å². The Morgan fingerprint density at radius 2 is 2.00 bits per heavy atom. The van der Waals surface area contributed by atoms with Crippen molar-refractivity contribution in [2.45, 2.75) is 19.4 Å². The largest absolute Gasteiger partial charge is 0.616 e. The van der Waals surface area contributed by atoms with E-state index in [1.807, 2.05) is 0 Å². The summed E-state index contributed by atoms with van der Waals surface area (Å²) in [6.45, 7) is 1.70. The summed E-state index contributed by atoms with van der Waals surface area (Å²) in [6, 6.07) is -0.966. The van der Waals surface area contributed by atoms with Crippen molar-refractivity contribution >= 4 is 15.0 Å². The average molecular weight is 186 g/mol. The number of hydrogen-bond donors (Lipinski definition) is 0. The minimum absolute atomic E-state index is 0.137. The molecule has 0 heterocycles. The highest BCUT2D eigenvalue weighted by Crippen LogP contribution is 2.16. The molecule has 0 aromatic rings. The van der Waals surface area contributed by atoms with Crippen molar-refractivity contribution in [1.82, 2.24) is 0 Å². The molecule has 2 nitrogen and oxygen atoms in total. The van der Waals surface area contributed by atoms with Gasteiger partial charge in [0.25, 0.3) is 0 Å². The molecule has 0 aliphatic rings. The van der Waals surface area contributed by atoms with Gasteiger partial charge in [-0.15, -0.1) is 0 Å². The fourth-order valence-electron chi connectivity index (χ4n) is 0.477. The second-order valence-corrected chi connectivity index (χ2v) is 3.65. The molecule has 11 heavy (non-hydrogen) atoms. The summed E-state index contributed by atoms with van der Waals surface area (Å²) in [4.78, 5) is 10.4. The maximum absolute atomic E-state index is 11.6. The predicted molar refractivity (Wildman–Crippen MR) is 35.1 cm³/mol. The molecule has 0 amide bonds. The average Bonchev–Trinajstić information content (AvgIpc) is 1.83. The lowest BCUT2D eigenvalue weighted by Crippen LogP contribution is -2.17. The topological polar surface area (TPSA) is 26.3 Å². The van der Waals surface area contributed by atoms with Crippen LogP contribution in [0.4, 0.5) is 12.3 Å². The van der Waals surface area contributed by atoms with Gasteiger partial charge in [0, 0.05) is 6.04 Å². The van der Waals surface area contributed by atoms with Gasteiger partial charge in [0.15, 0.2) is 0 Å². The van der Waals surface area contributed by atoms with Crippen LogP contribution in [0, 0.1) is 0 Å². The minimum Gasteiger partial charge on any atom is -0.466 e. The third-order valence-corrected chi connectivity index (χ3v) is 1.73. The number of carbonyl (C=O) groups is 1. The maximum Gasteiger partial charge on any atom is 0.616 e. The SMILES string of the molecule is CCOC(=O)CC[Si](F)(F)F. The first-order valence-electron chi connectivity index (χ1n) is 3.18. The molecular formula is C5H9F3O2Si. The van der Waals surface area contributed by atoms with Crippen LogP contribution in [0.2, 0.25) is 6.04 Å². The molecule has 0 aromatic carbocycles. The predicted octanol–water partition coefficient (Wildman–Crippen LogP) is 1.79. The Kier molecular flexibility index (Phi) is 4.17. The van der Waals surface area contributed by atoms with E-state index in [4.69, 9.17) is 0 Å². The van der Waals surface area contributed by atoms with Crippen LogP contribution in [0.15, 0.2) is 0 Å². The Bertz CT molecular complexity index is 134. The summed E-state index contributed by atoms with van der Waals surface area (Å²) in [6.07, 6.45) is -0.524. The summed E-state index contributed by atoms with van der Waals surface area (Å²) in [5, 5.41) is 0. The van der Waals surface area contributed by atoms with Crippen LogP contribution in [0.1, 0.15) is 13.3 Å². The lowest BCUT2D eigenvalue weighted by Gasteiger charge is -2.01. The number of rotatable bonds is 4. The fraction of sp³-hybridized carbons (Fsp3) is 0.800. The van der Waals surface area contributed by atoms with Gasteiger partial charge >= 0.3 is 15.0 Å². The lowest BCUT2D eigenvalue weighted by atomic mass is 10.5. The van der Waals surface area contributed by atoms with E-state index >= 15 is 0 Å². The zero-order valence-electron chi connectivity index (χ0n) is 6.07. The Morgan fingerprint density at radius 3 is 2.36 bits per heavy atom. The van der Waals surface area contributed by atoms with E-state index in [9.17, 15) is 17.1 Å². The molecule has 6 heteroatoms. The summed E-state index contributed by atoms with van der Waals surface area (Å²) < 4.78 is 39.1. The molecule has 0 unspecified atom stereocenters. The first-order valence-corrected chi connectivity index (χ1v) is 5.02. The highest BCUT2D eigenvalue weighted by atomic mass is 28.5. The third-order valence-electron chi connectivity index (χ3n) is 0.918. The number of ether oxygens (including phenoxy) is 1. The molecule has 0 radical (unpaired) electrons. The number of esters is 1.